The first-order chi connectivity index (χ1) is 16.2. The van der Waals surface area contributed by atoms with Crippen molar-refractivity contribution >= 4 is 23.0 Å². The Kier molecular flexibility index (Phi) is 8.98. The molecule has 0 saturated heterocycles. The average Bonchev–Trinajstić information content (AvgIpc) is 2.87. The lowest BCUT2D eigenvalue weighted by Gasteiger charge is -2.04. The Labute approximate surface area is 196 Å². The largest absolute Gasteiger partial charge is 0.383 e. The lowest BCUT2D eigenvalue weighted by atomic mass is 10.1. The third-order valence-corrected chi connectivity index (χ3v) is 4.84. The van der Waals surface area contributed by atoms with Crippen molar-refractivity contribution in [2.24, 2.45) is 21.5 Å². The van der Waals surface area contributed by atoms with Crippen molar-refractivity contribution in [3.63, 3.8) is 0 Å². The van der Waals surface area contributed by atoms with Gasteiger partial charge in [0.25, 0.3) is 0 Å². The van der Waals surface area contributed by atoms with Crippen LogP contribution in [0.4, 0.5) is 11.4 Å². The van der Waals surface area contributed by atoms with E-state index in [0.717, 1.165) is 35.3 Å². The second kappa shape index (κ2) is 12.6. The SMILES string of the molecule is CCCc1cccc(C(N)=Nc2ccccc2)c1.NC(=Nc1ccccc1)c1ccccc1. The van der Waals surface area contributed by atoms with Crippen LogP contribution in [0.15, 0.2) is 125 Å². The molecule has 0 aliphatic carbocycles. The first kappa shape index (κ1) is 23.5. The Morgan fingerprint density at radius 1 is 0.576 bits per heavy atom. The van der Waals surface area contributed by atoms with Crippen LogP contribution in [0.1, 0.15) is 30.0 Å². The van der Waals surface area contributed by atoms with Crippen molar-refractivity contribution in [1.29, 1.82) is 0 Å². The van der Waals surface area contributed by atoms with E-state index in [0.29, 0.717) is 11.7 Å². The number of aliphatic imine (C=N–C) groups is 2. The highest BCUT2D eigenvalue weighted by Gasteiger charge is 2.00. The molecule has 0 heterocycles. The highest BCUT2D eigenvalue weighted by atomic mass is 14.9. The highest BCUT2D eigenvalue weighted by Crippen LogP contribution is 2.13. The monoisotopic (exact) mass is 434 g/mol. The fraction of sp³-hybridized carbons (Fsp3) is 0.103. The van der Waals surface area contributed by atoms with Crippen LogP contribution in [0.25, 0.3) is 0 Å². The smallest absolute Gasteiger partial charge is 0.131 e. The molecular formula is C29H30N4. The maximum atomic E-state index is 6.04. The molecule has 4 rings (SSSR count). The molecule has 4 aromatic carbocycles. The maximum absolute atomic E-state index is 6.04. The predicted molar refractivity (Wildman–Crippen MR) is 141 cm³/mol. The molecule has 4 nitrogen and oxygen atoms in total. The summed E-state index contributed by atoms with van der Waals surface area (Å²) >= 11 is 0. The Hall–Kier alpha value is -4.18. The minimum atomic E-state index is 0.543. The molecule has 0 saturated carbocycles. The zero-order chi connectivity index (χ0) is 23.3. The number of aryl methyl sites for hydroxylation is 1. The van der Waals surface area contributed by atoms with Gasteiger partial charge in [-0.2, -0.15) is 0 Å². The molecule has 0 atom stereocenters. The summed E-state index contributed by atoms with van der Waals surface area (Å²) in [6, 6.07) is 37.5. The molecule has 0 spiro atoms. The summed E-state index contributed by atoms with van der Waals surface area (Å²) in [6.07, 6.45) is 2.21. The number of amidine groups is 2. The number of rotatable bonds is 6. The van der Waals surface area contributed by atoms with Crippen molar-refractivity contribution in [3.8, 4) is 0 Å². The van der Waals surface area contributed by atoms with Gasteiger partial charge in [-0.3, -0.25) is 0 Å². The van der Waals surface area contributed by atoms with E-state index in [9.17, 15) is 0 Å². The summed E-state index contributed by atoms with van der Waals surface area (Å²) in [5.74, 6) is 1.11. The van der Waals surface area contributed by atoms with Crippen molar-refractivity contribution in [1.82, 2.24) is 0 Å². The van der Waals surface area contributed by atoms with Gasteiger partial charge in [0, 0.05) is 11.1 Å². The number of nitrogens with zero attached hydrogens (tertiary/aromatic N) is 2. The summed E-state index contributed by atoms with van der Waals surface area (Å²) in [5.41, 5.74) is 16.9. The van der Waals surface area contributed by atoms with Crippen LogP contribution in [-0.2, 0) is 6.42 Å². The third kappa shape index (κ3) is 7.78. The van der Waals surface area contributed by atoms with Crippen molar-refractivity contribution in [3.05, 3.63) is 132 Å². The molecule has 33 heavy (non-hydrogen) atoms. The van der Waals surface area contributed by atoms with E-state index in [4.69, 9.17) is 11.5 Å². The van der Waals surface area contributed by atoms with E-state index in [2.05, 4.69) is 29.0 Å². The van der Waals surface area contributed by atoms with Gasteiger partial charge >= 0.3 is 0 Å². The first-order valence-corrected chi connectivity index (χ1v) is 11.1. The van der Waals surface area contributed by atoms with Gasteiger partial charge in [-0.1, -0.05) is 98.3 Å². The van der Waals surface area contributed by atoms with Crippen LogP contribution in [0.5, 0.6) is 0 Å². The van der Waals surface area contributed by atoms with E-state index in [1.807, 2.05) is 103 Å². The molecule has 0 amide bonds. The molecule has 0 unspecified atom stereocenters. The summed E-state index contributed by atoms with van der Waals surface area (Å²) < 4.78 is 0. The standard InChI is InChI=1S/C16H18N2.C13H12N2/c1-2-7-13-8-6-9-14(12-13)16(17)18-15-10-4-3-5-11-15;14-13(11-7-3-1-4-8-11)15-12-9-5-2-6-10-12/h3-6,8-12H,2,7H2,1H3,(H2,17,18);1-10H,(H2,14,15). The van der Waals surface area contributed by atoms with Gasteiger partial charge in [-0.25, -0.2) is 9.98 Å². The Balaban J connectivity index is 0.000000189. The average molecular weight is 435 g/mol. The normalized spacial score (nSPS) is 11.4. The lowest BCUT2D eigenvalue weighted by Crippen LogP contribution is -2.12. The van der Waals surface area contributed by atoms with Gasteiger partial charge in [-0.05, 0) is 42.3 Å². The van der Waals surface area contributed by atoms with Crippen molar-refractivity contribution in [2.75, 3.05) is 0 Å². The molecule has 166 valence electrons. The summed E-state index contributed by atoms with van der Waals surface area (Å²) in [6.45, 7) is 2.17. The lowest BCUT2D eigenvalue weighted by molar-refractivity contribution is 0.921. The molecule has 0 fully saturated rings. The number of hydrogen-bond acceptors (Lipinski definition) is 2. The molecule has 0 bridgehead atoms. The van der Waals surface area contributed by atoms with E-state index in [1.165, 1.54) is 5.56 Å². The Bertz CT molecular complexity index is 1170. The topological polar surface area (TPSA) is 76.8 Å². The van der Waals surface area contributed by atoms with Gasteiger partial charge in [0.15, 0.2) is 0 Å². The molecule has 4 heteroatoms. The molecule has 0 aliphatic heterocycles. The summed E-state index contributed by atoms with van der Waals surface area (Å²) in [7, 11) is 0. The molecule has 0 radical (unpaired) electrons. The fourth-order valence-electron chi connectivity index (χ4n) is 3.20. The van der Waals surface area contributed by atoms with E-state index >= 15 is 0 Å². The zero-order valence-electron chi connectivity index (χ0n) is 18.9. The van der Waals surface area contributed by atoms with Crippen molar-refractivity contribution < 1.29 is 0 Å². The van der Waals surface area contributed by atoms with E-state index in [1.54, 1.807) is 0 Å². The van der Waals surface area contributed by atoms with Gasteiger partial charge in [0.2, 0.25) is 0 Å². The molecule has 0 aromatic heterocycles. The molecule has 0 aliphatic rings. The second-order valence-electron chi connectivity index (χ2n) is 7.48. The van der Waals surface area contributed by atoms with Crippen molar-refractivity contribution in [2.45, 2.75) is 19.8 Å². The van der Waals surface area contributed by atoms with Crippen LogP contribution in [0, 0.1) is 0 Å². The fourth-order valence-corrected chi connectivity index (χ4v) is 3.20. The summed E-state index contributed by atoms with van der Waals surface area (Å²) in [5, 5.41) is 0. The predicted octanol–water partition coefficient (Wildman–Crippen LogP) is 6.40. The Morgan fingerprint density at radius 3 is 1.55 bits per heavy atom. The minimum absolute atomic E-state index is 0.543. The van der Waals surface area contributed by atoms with E-state index < -0.39 is 0 Å². The van der Waals surface area contributed by atoms with Gasteiger partial charge in [0.05, 0.1) is 11.4 Å². The van der Waals surface area contributed by atoms with Crippen LogP contribution < -0.4 is 11.5 Å². The maximum Gasteiger partial charge on any atom is 0.131 e. The van der Waals surface area contributed by atoms with Gasteiger partial charge in [0.1, 0.15) is 11.7 Å². The molecular weight excluding hydrogens is 404 g/mol. The third-order valence-electron chi connectivity index (χ3n) is 4.84. The summed E-state index contributed by atoms with van der Waals surface area (Å²) in [4.78, 5) is 8.75. The number of benzene rings is 4. The highest BCUT2D eigenvalue weighted by molar-refractivity contribution is 5.99. The van der Waals surface area contributed by atoms with Gasteiger partial charge in [-0.15, -0.1) is 0 Å². The van der Waals surface area contributed by atoms with Gasteiger partial charge < -0.3 is 11.5 Å². The molecule has 4 N–H and O–H groups in total. The van der Waals surface area contributed by atoms with Crippen LogP contribution in [0.3, 0.4) is 0 Å². The number of para-hydroxylation sites is 2. The van der Waals surface area contributed by atoms with Crippen LogP contribution in [-0.4, -0.2) is 11.7 Å². The van der Waals surface area contributed by atoms with Crippen LogP contribution >= 0.6 is 0 Å². The quantitative estimate of drug-likeness (QED) is 0.272. The first-order valence-electron chi connectivity index (χ1n) is 11.1. The Morgan fingerprint density at radius 2 is 1.03 bits per heavy atom. The number of hydrogen-bond donors (Lipinski definition) is 2. The minimum Gasteiger partial charge on any atom is -0.383 e. The zero-order valence-corrected chi connectivity index (χ0v) is 18.9. The molecule has 4 aromatic rings. The second-order valence-corrected chi connectivity index (χ2v) is 7.48. The van der Waals surface area contributed by atoms with Crippen LogP contribution in [0.2, 0.25) is 0 Å². The van der Waals surface area contributed by atoms with E-state index in [-0.39, 0.29) is 0 Å². The number of nitrogens with two attached hydrogens (primary N) is 2.